The Hall–Kier alpha value is -3.17. The van der Waals surface area contributed by atoms with Crippen molar-refractivity contribution in [3.8, 4) is 17.4 Å². The monoisotopic (exact) mass is 488 g/mol. The largest absolute Gasteiger partial charge is 0.462 e. The molecule has 0 amide bonds. The maximum absolute atomic E-state index is 12.1. The highest BCUT2D eigenvalue weighted by Crippen LogP contribution is 2.44. The third-order valence-corrected chi connectivity index (χ3v) is 7.82. The number of rotatable bonds is 7. The number of fused-ring (bicyclic) bond motifs is 1. The summed E-state index contributed by atoms with van der Waals surface area (Å²) in [5.74, 6) is 1.62. The molecule has 1 aliphatic carbocycles. The maximum atomic E-state index is 12.1. The lowest BCUT2D eigenvalue weighted by molar-refractivity contribution is 0.0499. The third kappa shape index (κ3) is 5.74. The van der Waals surface area contributed by atoms with E-state index in [2.05, 4.69) is 38.8 Å². The van der Waals surface area contributed by atoms with Gasteiger partial charge in [-0.1, -0.05) is 46.2 Å². The Morgan fingerprint density at radius 3 is 2.71 bits per heavy atom. The van der Waals surface area contributed by atoms with Gasteiger partial charge in [-0.25, -0.2) is 9.79 Å². The maximum Gasteiger partial charge on any atom is 0.338 e. The topological polar surface area (TPSA) is 75.6 Å². The first kappa shape index (κ1) is 24.9. The number of hydrogen-bond acceptors (Lipinski definition) is 6. The van der Waals surface area contributed by atoms with E-state index in [1.165, 1.54) is 10.4 Å². The van der Waals surface area contributed by atoms with Crippen LogP contribution in [0.4, 0.5) is 5.00 Å². The number of benzene rings is 1. The second-order valence-corrected chi connectivity index (χ2v) is 11.2. The molecule has 182 valence electrons. The van der Waals surface area contributed by atoms with Gasteiger partial charge >= 0.3 is 5.97 Å². The van der Waals surface area contributed by atoms with E-state index in [1.807, 2.05) is 24.3 Å². The van der Waals surface area contributed by atoms with E-state index in [0.717, 1.165) is 42.7 Å². The van der Waals surface area contributed by atoms with Crippen molar-refractivity contribution in [1.29, 1.82) is 5.26 Å². The minimum Gasteiger partial charge on any atom is -0.462 e. The number of thiophene rings is 1. The molecular weight excluding hydrogens is 456 g/mol. The summed E-state index contributed by atoms with van der Waals surface area (Å²) in [6.07, 6.45) is 6.60. The molecule has 5 nitrogen and oxygen atoms in total. The summed E-state index contributed by atoms with van der Waals surface area (Å²) in [6, 6.07) is 13.3. The van der Waals surface area contributed by atoms with Crippen molar-refractivity contribution in [3.05, 3.63) is 63.7 Å². The number of hydrogen-bond donors (Lipinski definition) is 0. The standard InChI is InChI=1S/C29H32N2O3S/c1-5-6-15-33-28(32)20-9-7-19(8-10-20)25-14-12-22(34-25)18-31-27-24(17-30)23-13-11-21(29(2,3)4)16-26(23)35-27/h7-10,12,14,18,21H,5-6,11,13,15-16H2,1-4H3/t21-/m0/s1. The molecule has 1 atom stereocenters. The van der Waals surface area contributed by atoms with E-state index in [-0.39, 0.29) is 11.4 Å². The summed E-state index contributed by atoms with van der Waals surface area (Å²) >= 11 is 1.63. The average molecular weight is 489 g/mol. The Morgan fingerprint density at radius 2 is 2.03 bits per heavy atom. The van der Waals surface area contributed by atoms with Crippen molar-refractivity contribution >= 4 is 28.5 Å². The summed E-state index contributed by atoms with van der Waals surface area (Å²) in [6.45, 7) is 9.38. The fourth-order valence-corrected chi connectivity index (χ4v) is 5.60. The zero-order valence-electron chi connectivity index (χ0n) is 20.9. The number of nitrogens with zero attached hydrogens (tertiary/aromatic N) is 2. The first-order chi connectivity index (χ1) is 16.8. The lowest BCUT2D eigenvalue weighted by Crippen LogP contribution is -2.26. The number of aliphatic imine (C=N–C) groups is 1. The molecule has 1 aliphatic rings. The molecule has 1 aromatic carbocycles. The van der Waals surface area contributed by atoms with Crippen LogP contribution in [0.25, 0.3) is 11.3 Å². The van der Waals surface area contributed by atoms with Crippen LogP contribution >= 0.6 is 11.3 Å². The quantitative estimate of drug-likeness (QED) is 0.194. The second kappa shape index (κ2) is 10.6. The molecule has 0 aliphatic heterocycles. The summed E-state index contributed by atoms with van der Waals surface area (Å²) < 4.78 is 11.2. The Bertz CT molecular complexity index is 1250. The zero-order valence-corrected chi connectivity index (χ0v) is 21.7. The third-order valence-electron chi connectivity index (χ3n) is 6.66. The Kier molecular flexibility index (Phi) is 7.57. The van der Waals surface area contributed by atoms with E-state index in [1.54, 1.807) is 29.7 Å². The van der Waals surface area contributed by atoms with Crippen molar-refractivity contribution in [2.24, 2.45) is 16.3 Å². The minimum absolute atomic E-state index is 0.260. The van der Waals surface area contributed by atoms with E-state index >= 15 is 0 Å². The lowest BCUT2D eigenvalue weighted by Gasteiger charge is -2.33. The molecule has 0 fully saturated rings. The van der Waals surface area contributed by atoms with Crippen molar-refractivity contribution in [2.75, 3.05) is 6.61 Å². The number of furan rings is 1. The second-order valence-electron chi connectivity index (χ2n) is 10.1. The highest BCUT2D eigenvalue weighted by Gasteiger charge is 2.32. The molecule has 0 spiro atoms. The average Bonchev–Trinajstić information content (AvgIpc) is 3.46. The van der Waals surface area contributed by atoms with Crippen LogP contribution in [0.15, 0.2) is 45.8 Å². The Morgan fingerprint density at radius 1 is 1.26 bits per heavy atom. The number of ether oxygens (including phenoxy) is 1. The molecular formula is C29H32N2O3S. The number of unbranched alkanes of at least 4 members (excludes halogenated alkanes) is 1. The fourth-order valence-electron chi connectivity index (χ4n) is 4.38. The van der Waals surface area contributed by atoms with E-state index in [9.17, 15) is 10.1 Å². The molecule has 0 saturated carbocycles. The van der Waals surface area contributed by atoms with Gasteiger partial charge < -0.3 is 9.15 Å². The van der Waals surface area contributed by atoms with Gasteiger partial charge in [0.25, 0.3) is 0 Å². The van der Waals surface area contributed by atoms with Gasteiger partial charge in [0, 0.05) is 10.4 Å². The molecule has 2 heterocycles. The van der Waals surface area contributed by atoms with Gasteiger partial charge in [-0.05, 0) is 66.8 Å². The molecule has 6 heteroatoms. The van der Waals surface area contributed by atoms with Crippen LogP contribution < -0.4 is 0 Å². The SMILES string of the molecule is CCCCOC(=O)c1ccc(-c2ccc(C=Nc3sc4c(c3C#N)CC[C@H](C(C)(C)C)C4)o2)cc1. The van der Waals surface area contributed by atoms with Gasteiger partial charge in [0.2, 0.25) is 0 Å². The predicted molar refractivity (Wildman–Crippen MR) is 141 cm³/mol. The van der Waals surface area contributed by atoms with Gasteiger partial charge in [0.05, 0.1) is 23.9 Å². The number of carbonyl (C=O) groups is 1. The van der Waals surface area contributed by atoms with Gasteiger partial charge in [0.15, 0.2) is 0 Å². The fraction of sp³-hybridized carbons (Fsp3) is 0.414. The van der Waals surface area contributed by atoms with Crippen molar-refractivity contribution < 1.29 is 13.9 Å². The van der Waals surface area contributed by atoms with E-state index in [0.29, 0.717) is 35.2 Å². The van der Waals surface area contributed by atoms with Crippen LogP contribution in [0.2, 0.25) is 0 Å². The van der Waals surface area contributed by atoms with Crippen LogP contribution in [0.3, 0.4) is 0 Å². The van der Waals surface area contributed by atoms with Gasteiger partial charge in [-0.3, -0.25) is 0 Å². The van der Waals surface area contributed by atoms with Crippen molar-refractivity contribution in [1.82, 2.24) is 0 Å². The first-order valence-electron chi connectivity index (χ1n) is 12.3. The Labute approximate surface area is 211 Å². The predicted octanol–water partition coefficient (Wildman–Crippen LogP) is 7.74. The summed E-state index contributed by atoms with van der Waals surface area (Å²) in [4.78, 5) is 18.0. The molecule has 3 aromatic rings. The summed E-state index contributed by atoms with van der Waals surface area (Å²) in [5, 5.41) is 10.5. The van der Waals surface area contributed by atoms with Crippen molar-refractivity contribution in [2.45, 2.75) is 59.8 Å². The van der Waals surface area contributed by atoms with Crippen LogP contribution in [0.1, 0.15) is 79.1 Å². The van der Waals surface area contributed by atoms with E-state index < -0.39 is 0 Å². The van der Waals surface area contributed by atoms with Crippen LogP contribution in [0, 0.1) is 22.7 Å². The number of esters is 1. The van der Waals surface area contributed by atoms with Gasteiger partial charge in [-0.15, -0.1) is 11.3 Å². The molecule has 0 bridgehead atoms. The summed E-state index contributed by atoms with van der Waals surface area (Å²) in [5.41, 5.74) is 3.54. The lowest BCUT2D eigenvalue weighted by atomic mass is 9.72. The molecule has 0 N–H and O–H groups in total. The van der Waals surface area contributed by atoms with Crippen LogP contribution in [-0.2, 0) is 17.6 Å². The molecule has 0 radical (unpaired) electrons. The molecule has 0 unspecified atom stereocenters. The minimum atomic E-state index is -0.307. The highest BCUT2D eigenvalue weighted by molar-refractivity contribution is 7.16. The van der Waals surface area contributed by atoms with Gasteiger partial charge in [0.1, 0.15) is 22.6 Å². The van der Waals surface area contributed by atoms with E-state index in [4.69, 9.17) is 9.15 Å². The molecule has 0 saturated heterocycles. The molecule has 4 rings (SSSR count). The van der Waals surface area contributed by atoms with Crippen LogP contribution in [0.5, 0.6) is 0 Å². The zero-order chi connectivity index (χ0) is 25.0. The molecule has 2 aromatic heterocycles. The normalized spacial score (nSPS) is 15.7. The van der Waals surface area contributed by atoms with Crippen molar-refractivity contribution in [3.63, 3.8) is 0 Å². The number of nitriles is 1. The number of carbonyl (C=O) groups excluding carboxylic acids is 1. The summed E-state index contributed by atoms with van der Waals surface area (Å²) in [7, 11) is 0. The van der Waals surface area contributed by atoms with Gasteiger partial charge in [-0.2, -0.15) is 5.26 Å². The first-order valence-corrected chi connectivity index (χ1v) is 13.1. The highest BCUT2D eigenvalue weighted by atomic mass is 32.1. The smallest absolute Gasteiger partial charge is 0.338 e. The Balaban J connectivity index is 1.47. The molecule has 35 heavy (non-hydrogen) atoms. The van der Waals surface area contributed by atoms with Crippen LogP contribution in [-0.4, -0.2) is 18.8 Å².